The van der Waals surface area contributed by atoms with Gasteiger partial charge in [-0.2, -0.15) is 8.42 Å². The molecule has 3 aromatic rings. The van der Waals surface area contributed by atoms with E-state index in [9.17, 15) is 28.1 Å². The van der Waals surface area contributed by atoms with Crippen LogP contribution in [-0.2, 0) is 14.9 Å². The fourth-order valence-electron chi connectivity index (χ4n) is 3.54. The highest BCUT2D eigenvalue weighted by molar-refractivity contribution is 8.18. The van der Waals surface area contributed by atoms with Gasteiger partial charge in [-0.1, -0.05) is 30.3 Å². The van der Waals surface area contributed by atoms with Gasteiger partial charge < -0.3 is 8.92 Å². The molecule has 2 amide bonds. The second kappa shape index (κ2) is 11.1. The Morgan fingerprint density at radius 1 is 1.00 bits per heavy atom. The predicted octanol–water partition coefficient (Wildman–Crippen LogP) is 5.09. The van der Waals surface area contributed by atoms with Crippen LogP contribution in [0.4, 0.5) is 10.5 Å². The van der Waals surface area contributed by atoms with Gasteiger partial charge in [-0.25, -0.2) is 0 Å². The van der Waals surface area contributed by atoms with Crippen LogP contribution < -0.4 is 8.92 Å². The molecular formula is C26H22N2O8S2. The van der Waals surface area contributed by atoms with Crippen molar-refractivity contribution in [2.45, 2.75) is 18.7 Å². The number of hydrogen-bond acceptors (Lipinski definition) is 9. The Morgan fingerprint density at radius 3 is 2.42 bits per heavy atom. The highest BCUT2D eigenvalue weighted by atomic mass is 32.2. The monoisotopic (exact) mass is 554 g/mol. The molecule has 1 saturated heterocycles. The van der Waals surface area contributed by atoms with Crippen LogP contribution in [0, 0.1) is 24.0 Å². The quantitative estimate of drug-likeness (QED) is 0.153. The van der Waals surface area contributed by atoms with Gasteiger partial charge in [-0.05, 0) is 73.1 Å². The van der Waals surface area contributed by atoms with E-state index in [2.05, 4.69) is 0 Å². The van der Waals surface area contributed by atoms with E-state index in [0.29, 0.717) is 16.9 Å². The SMILES string of the molecule is Cc1cccc(OCCN2C(=O)S/C(=C\c3ccc(OS(=O)(=O)c4ccc(C)c([N+](=O)[O-])c4)cc3)C2=O)c1. The Bertz CT molecular complexity index is 1550. The van der Waals surface area contributed by atoms with Crippen molar-refractivity contribution in [1.82, 2.24) is 4.90 Å². The van der Waals surface area contributed by atoms with E-state index in [1.807, 2.05) is 25.1 Å². The number of imide groups is 1. The molecule has 1 fully saturated rings. The minimum absolute atomic E-state index is 0.0215. The summed E-state index contributed by atoms with van der Waals surface area (Å²) in [7, 11) is -4.32. The molecule has 0 atom stereocenters. The molecule has 1 aliphatic rings. The number of nitrogens with zero attached hydrogens (tertiary/aromatic N) is 2. The van der Waals surface area contributed by atoms with Gasteiger partial charge in [0.15, 0.2) is 0 Å². The van der Waals surface area contributed by atoms with Crippen LogP contribution in [0.2, 0.25) is 0 Å². The number of nitro benzene ring substituents is 1. The molecule has 1 aliphatic heterocycles. The summed E-state index contributed by atoms with van der Waals surface area (Å²) in [6, 6.07) is 16.8. The normalized spacial score (nSPS) is 14.7. The third kappa shape index (κ3) is 6.21. The Morgan fingerprint density at radius 2 is 1.74 bits per heavy atom. The van der Waals surface area contributed by atoms with Crippen LogP contribution in [0.1, 0.15) is 16.7 Å². The maximum atomic E-state index is 12.7. The van der Waals surface area contributed by atoms with Gasteiger partial charge in [0.05, 0.1) is 16.4 Å². The molecule has 12 heteroatoms. The van der Waals surface area contributed by atoms with Gasteiger partial charge in [0.25, 0.3) is 16.8 Å². The smallest absolute Gasteiger partial charge is 0.339 e. The molecular weight excluding hydrogens is 532 g/mol. The van der Waals surface area contributed by atoms with Gasteiger partial charge in [0, 0.05) is 11.6 Å². The molecule has 0 saturated carbocycles. The predicted molar refractivity (Wildman–Crippen MR) is 141 cm³/mol. The molecule has 196 valence electrons. The fraction of sp³-hybridized carbons (Fsp3) is 0.154. The summed E-state index contributed by atoms with van der Waals surface area (Å²) in [5, 5.41) is 10.7. The van der Waals surface area contributed by atoms with Crippen molar-refractivity contribution < 1.29 is 31.9 Å². The van der Waals surface area contributed by atoms with Crippen molar-refractivity contribution in [2.75, 3.05) is 13.2 Å². The van der Waals surface area contributed by atoms with E-state index < -0.39 is 26.2 Å². The zero-order valence-corrected chi connectivity index (χ0v) is 22.0. The van der Waals surface area contributed by atoms with Crippen LogP contribution in [0.3, 0.4) is 0 Å². The summed E-state index contributed by atoms with van der Waals surface area (Å²) in [5.41, 5.74) is 1.56. The standard InChI is InChI=1S/C26H22N2O8S2/c1-17-4-3-5-21(14-17)35-13-12-27-25(29)24(37-26(27)30)15-19-7-9-20(10-8-19)36-38(33,34)22-11-6-18(2)23(16-22)28(31)32/h3-11,14-16H,12-13H2,1-2H3/b24-15-. The number of rotatable bonds is 9. The number of carbonyl (C=O) groups excluding carboxylic acids is 2. The Hall–Kier alpha value is -4.16. The van der Waals surface area contributed by atoms with E-state index in [1.165, 1.54) is 49.4 Å². The molecule has 3 aromatic carbocycles. The summed E-state index contributed by atoms with van der Waals surface area (Å²) in [4.78, 5) is 36.5. The number of carbonyl (C=O) groups is 2. The first-order valence-corrected chi connectivity index (χ1v) is 13.5. The minimum Gasteiger partial charge on any atom is -0.492 e. The molecule has 0 aliphatic carbocycles. The van der Waals surface area contributed by atoms with Crippen molar-refractivity contribution in [3.05, 3.63) is 98.4 Å². The van der Waals surface area contributed by atoms with Crippen LogP contribution in [0.5, 0.6) is 11.5 Å². The number of hydrogen-bond donors (Lipinski definition) is 0. The van der Waals surface area contributed by atoms with Gasteiger partial charge >= 0.3 is 10.1 Å². The molecule has 38 heavy (non-hydrogen) atoms. The maximum Gasteiger partial charge on any atom is 0.339 e. The molecule has 10 nitrogen and oxygen atoms in total. The zero-order chi connectivity index (χ0) is 27.4. The fourth-order valence-corrected chi connectivity index (χ4v) is 5.36. The molecule has 0 spiro atoms. The number of benzene rings is 3. The van der Waals surface area contributed by atoms with Crippen LogP contribution >= 0.6 is 11.8 Å². The first-order chi connectivity index (χ1) is 18.0. The lowest BCUT2D eigenvalue weighted by Gasteiger charge is -2.13. The highest BCUT2D eigenvalue weighted by Crippen LogP contribution is 2.32. The largest absolute Gasteiger partial charge is 0.492 e. The molecule has 0 bridgehead atoms. The first-order valence-electron chi connectivity index (χ1n) is 11.3. The van der Waals surface area contributed by atoms with Crippen molar-refractivity contribution in [2.24, 2.45) is 0 Å². The van der Waals surface area contributed by atoms with Crippen molar-refractivity contribution >= 4 is 44.8 Å². The van der Waals surface area contributed by atoms with E-state index in [1.54, 1.807) is 6.07 Å². The number of nitro groups is 1. The van der Waals surface area contributed by atoms with Crippen LogP contribution in [0.15, 0.2) is 76.5 Å². The number of ether oxygens (including phenoxy) is 1. The highest BCUT2D eigenvalue weighted by Gasteiger charge is 2.34. The molecule has 4 rings (SSSR count). The molecule has 0 N–H and O–H groups in total. The summed E-state index contributed by atoms with van der Waals surface area (Å²) < 4.78 is 36.0. The number of amides is 2. The molecule has 1 heterocycles. The van der Waals surface area contributed by atoms with Gasteiger partial charge in [0.1, 0.15) is 23.0 Å². The Kier molecular flexibility index (Phi) is 7.83. The van der Waals surface area contributed by atoms with Crippen molar-refractivity contribution in [3.63, 3.8) is 0 Å². The lowest BCUT2D eigenvalue weighted by Crippen LogP contribution is -2.32. The van der Waals surface area contributed by atoms with E-state index in [-0.39, 0.29) is 34.4 Å². The number of aryl methyl sites for hydroxylation is 2. The average molecular weight is 555 g/mol. The summed E-state index contributed by atoms with van der Waals surface area (Å²) in [5.74, 6) is 0.181. The lowest BCUT2D eigenvalue weighted by atomic mass is 10.2. The first kappa shape index (κ1) is 26.9. The summed E-state index contributed by atoms with van der Waals surface area (Å²) >= 11 is 0.802. The summed E-state index contributed by atoms with van der Waals surface area (Å²) in [6.45, 7) is 3.68. The minimum atomic E-state index is -4.32. The van der Waals surface area contributed by atoms with E-state index in [0.717, 1.165) is 28.3 Å². The van der Waals surface area contributed by atoms with Crippen molar-refractivity contribution in [1.29, 1.82) is 0 Å². The third-order valence-electron chi connectivity index (χ3n) is 5.50. The van der Waals surface area contributed by atoms with Gasteiger partial charge in [-0.15, -0.1) is 0 Å². The topological polar surface area (TPSA) is 133 Å². The van der Waals surface area contributed by atoms with Crippen molar-refractivity contribution in [3.8, 4) is 11.5 Å². The van der Waals surface area contributed by atoms with E-state index in [4.69, 9.17) is 8.92 Å². The Labute approximate surface area is 223 Å². The van der Waals surface area contributed by atoms with Crippen LogP contribution in [-0.4, -0.2) is 42.5 Å². The zero-order valence-electron chi connectivity index (χ0n) is 20.3. The van der Waals surface area contributed by atoms with Gasteiger partial charge in [0.2, 0.25) is 0 Å². The third-order valence-corrected chi connectivity index (χ3v) is 7.65. The average Bonchev–Trinajstić information content (AvgIpc) is 3.12. The van der Waals surface area contributed by atoms with Crippen LogP contribution in [0.25, 0.3) is 6.08 Å². The maximum absolute atomic E-state index is 12.7. The molecule has 0 radical (unpaired) electrons. The molecule has 0 aromatic heterocycles. The number of thioether (sulfide) groups is 1. The van der Waals surface area contributed by atoms with E-state index >= 15 is 0 Å². The lowest BCUT2D eigenvalue weighted by molar-refractivity contribution is -0.385. The second-order valence-electron chi connectivity index (χ2n) is 8.31. The molecule has 0 unspecified atom stereocenters. The van der Waals surface area contributed by atoms with Gasteiger partial charge in [-0.3, -0.25) is 24.6 Å². The second-order valence-corrected chi connectivity index (χ2v) is 10.8. The summed E-state index contributed by atoms with van der Waals surface area (Å²) in [6.07, 6.45) is 1.52. The Balaban J connectivity index is 1.40.